The van der Waals surface area contributed by atoms with Crippen molar-refractivity contribution in [3.05, 3.63) is 70.8 Å². The van der Waals surface area contributed by atoms with Crippen molar-refractivity contribution in [3.8, 4) is 0 Å². The van der Waals surface area contributed by atoms with Crippen LogP contribution >= 0.6 is 8.53 Å². The van der Waals surface area contributed by atoms with Crippen LogP contribution in [0.15, 0.2) is 48.5 Å². The maximum atomic E-state index is 13.6. The molecule has 0 radical (unpaired) electrons. The van der Waals surface area contributed by atoms with Crippen molar-refractivity contribution < 1.29 is 35.4 Å². The van der Waals surface area contributed by atoms with E-state index in [0.29, 0.717) is 13.2 Å². The first-order valence-electron chi connectivity index (χ1n) is 12.2. The van der Waals surface area contributed by atoms with Crippen molar-refractivity contribution in [2.75, 3.05) is 13.2 Å². The van der Waals surface area contributed by atoms with E-state index in [1.807, 2.05) is 13.8 Å². The molecule has 0 saturated carbocycles. The Bertz CT molecular complexity index is 896. The Balaban J connectivity index is 2.12. The zero-order valence-electron chi connectivity index (χ0n) is 20.4. The highest BCUT2D eigenvalue weighted by Gasteiger charge is 2.38. The lowest BCUT2D eigenvalue weighted by molar-refractivity contribution is -0.138. The van der Waals surface area contributed by atoms with Crippen LogP contribution in [0.1, 0.15) is 80.7 Å². The first-order valence-corrected chi connectivity index (χ1v) is 13.3. The minimum Gasteiger partial charge on any atom is -0.322 e. The van der Waals surface area contributed by atoms with E-state index >= 15 is 0 Å². The molecule has 0 aliphatic carbocycles. The van der Waals surface area contributed by atoms with Crippen LogP contribution in [-0.2, 0) is 21.4 Å². The van der Waals surface area contributed by atoms with Crippen LogP contribution in [0.5, 0.6) is 0 Å². The third-order valence-electron chi connectivity index (χ3n) is 5.98. The number of nitrogens with zero attached hydrogens (tertiary/aromatic N) is 1. The molecular formula is C26H32F6NO2P. The Morgan fingerprint density at radius 3 is 1.50 bits per heavy atom. The van der Waals surface area contributed by atoms with E-state index in [1.54, 1.807) is 4.67 Å². The molecule has 200 valence electrons. The molecule has 10 heteroatoms. The minimum atomic E-state index is -4.59. The van der Waals surface area contributed by atoms with Gasteiger partial charge in [-0.05, 0) is 62.1 Å². The summed E-state index contributed by atoms with van der Waals surface area (Å²) in [4.78, 5) is 0. The van der Waals surface area contributed by atoms with Crippen LogP contribution in [0.25, 0.3) is 0 Å². The summed E-state index contributed by atoms with van der Waals surface area (Å²) < 4.78 is 95.6. The molecule has 1 aliphatic heterocycles. The largest absolute Gasteiger partial charge is 0.416 e. The number of hydrogen-bond donors (Lipinski definition) is 0. The summed E-state index contributed by atoms with van der Waals surface area (Å²) in [5.74, 6) is 0. The molecule has 1 fully saturated rings. The van der Waals surface area contributed by atoms with Gasteiger partial charge in [-0.3, -0.25) is 0 Å². The summed E-state index contributed by atoms with van der Waals surface area (Å²) in [6.07, 6.45) is -3.39. The lowest BCUT2D eigenvalue weighted by Gasteiger charge is -2.39. The summed E-state index contributed by atoms with van der Waals surface area (Å²) in [5, 5.41) is 0. The Morgan fingerprint density at radius 2 is 1.11 bits per heavy atom. The maximum absolute atomic E-state index is 13.6. The summed E-state index contributed by atoms with van der Waals surface area (Å²) in [6.45, 7) is 4.50. The van der Waals surface area contributed by atoms with Gasteiger partial charge in [0.1, 0.15) is 0 Å². The molecule has 0 spiro atoms. The fraction of sp³-hybridized carbons (Fsp3) is 0.538. The van der Waals surface area contributed by atoms with Crippen LogP contribution in [-0.4, -0.2) is 23.9 Å². The first kappa shape index (κ1) is 28.9. The van der Waals surface area contributed by atoms with Gasteiger partial charge in [-0.15, -0.1) is 0 Å². The SMILES string of the molecule is CC(C)N(C(c1cccc(C(F)(F)F)c1)c1cccc(C(F)(F)F)c1)P1OCCCCCCCCO1. The topological polar surface area (TPSA) is 21.7 Å². The van der Waals surface area contributed by atoms with Crippen molar-refractivity contribution in [3.63, 3.8) is 0 Å². The average molecular weight is 536 g/mol. The van der Waals surface area contributed by atoms with E-state index in [4.69, 9.17) is 9.05 Å². The summed E-state index contributed by atoms with van der Waals surface area (Å²) in [7, 11) is -1.75. The quantitative estimate of drug-likeness (QED) is 0.282. The number of alkyl halides is 6. The third-order valence-corrected chi connectivity index (χ3v) is 7.86. The summed E-state index contributed by atoms with van der Waals surface area (Å²) in [5.41, 5.74) is -1.28. The van der Waals surface area contributed by atoms with E-state index < -0.39 is 38.0 Å². The van der Waals surface area contributed by atoms with Gasteiger partial charge >= 0.3 is 12.4 Å². The molecule has 0 amide bonds. The second kappa shape index (κ2) is 12.7. The molecule has 36 heavy (non-hydrogen) atoms. The van der Waals surface area contributed by atoms with Crippen LogP contribution in [0.2, 0.25) is 0 Å². The Labute approximate surface area is 209 Å². The predicted molar refractivity (Wildman–Crippen MR) is 128 cm³/mol. The van der Waals surface area contributed by atoms with Gasteiger partial charge in [0.15, 0.2) is 0 Å². The van der Waals surface area contributed by atoms with E-state index in [2.05, 4.69) is 0 Å². The van der Waals surface area contributed by atoms with Gasteiger partial charge < -0.3 is 9.05 Å². The van der Waals surface area contributed by atoms with Crippen LogP contribution in [0.4, 0.5) is 26.3 Å². The van der Waals surface area contributed by atoms with Gasteiger partial charge in [0.2, 0.25) is 0 Å². The van der Waals surface area contributed by atoms with Gasteiger partial charge in [0.25, 0.3) is 8.53 Å². The lowest BCUT2D eigenvalue weighted by Crippen LogP contribution is -2.33. The fourth-order valence-electron chi connectivity index (χ4n) is 4.22. The monoisotopic (exact) mass is 535 g/mol. The molecule has 1 heterocycles. The summed E-state index contributed by atoms with van der Waals surface area (Å²) in [6, 6.07) is 8.27. The Morgan fingerprint density at radius 1 is 0.694 bits per heavy atom. The van der Waals surface area contributed by atoms with Crippen LogP contribution in [0.3, 0.4) is 0 Å². The molecule has 0 aromatic heterocycles. The molecule has 1 saturated heterocycles. The highest BCUT2D eigenvalue weighted by atomic mass is 31.2. The minimum absolute atomic E-state index is 0.224. The Hall–Kier alpha value is -1.67. The van der Waals surface area contributed by atoms with Crippen LogP contribution < -0.4 is 0 Å². The molecule has 0 unspecified atom stereocenters. The van der Waals surface area contributed by atoms with E-state index in [9.17, 15) is 26.3 Å². The highest BCUT2D eigenvalue weighted by Crippen LogP contribution is 2.52. The third kappa shape index (κ3) is 7.91. The Kier molecular flexibility index (Phi) is 10.2. The van der Waals surface area contributed by atoms with Crippen molar-refractivity contribution >= 4 is 8.53 Å². The van der Waals surface area contributed by atoms with Gasteiger partial charge in [-0.25, -0.2) is 4.67 Å². The molecule has 3 rings (SSSR count). The molecule has 1 aliphatic rings. The van der Waals surface area contributed by atoms with Gasteiger partial charge in [-0.1, -0.05) is 49.9 Å². The van der Waals surface area contributed by atoms with Crippen molar-refractivity contribution in [2.45, 2.75) is 76.8 Å². The second-order valence-corrected chi connectivity index (χ2v) is 10.6. The van der Waals surface area contributed by atoms with E-state index in [-0.39, 0.29) is 17.2 Å². The first-order chi connectivity index (χ1) is 17.0. The van der Waals surface area contributed by atoms with Crippen molar-refractivity contribution in [2.24, 2.45) is 0 Å². The maximum Gasteiger partial charge on any atom is 0.416 e. The van der Waals surface area contributed by atoms with Gasteiger partial charge in [0.05, 0.1) is 30.4 Å². The van der Waals surface area contributed by atoms with E-state index in [1.165, 1.54) is 24.3 Å². The van der Waals surface area contributed by atoms with Crippen molar-refractivity contribution in [1.29, 1.82) is 0 Å². The number of hydrogen-bond acceptors (Lipinski definition) is 3. The molecule has 0 atom stereocenters. The van der Waals surface area contributed by atoms with Gasteiger partial charge in [0, 0.05) is 6.04 Å². The van der Waals surface area contributed by atoms with Crippen LogP contribution in [0, 0.1) is 0 Å². The molecular weight excluding hydrogens is 503 g/mol. The molecule has 3 nitrogen and oxygen atoms in total. The standard InChI is InChI=1S/C26H32F6NO2P/c1-19(2)33(36-34-15-7-5-3-4-6-8-16-35-36)24(20-11-9-13-22(17-20)25(27,28)29)21-12-10-14-23(18-21)26(30,31)32/h9-14,17-19,24H,3-8,15-16H2,1-2H3. The lowest BCUT2D eigenvalue weighted by atomic mass is 9.95. The zero-order valence-corrected chi connectivity index (χ0v) is 21.3. The molecule has 0 bridgehead atoms. The van der Waals surface area contributed by atoms with E-state index in [0.717, 1.165) is 62.8 Å². The second-order valence-electron chi connectivity index (χ2n) is 9.15. The predicted octanol–water partition coefficient (Wildman–Crippen LogP) is 9.14. The molecule has 2 aromatic rings. The fourth-order valence-corrected chi connectivity index (χ4v) is 5.96. The normalized spacial score (nSPS) is 17.5. The molecule has 0 N–H and O–H groups in total. The summed E-state index contributed by atoms with van der Waals surface area (Å²) >= 11 is 0. The zero-order chi connectivity index (χ0) is 26.3. The smallest absolute Gasteiger partial charge is 0.322 e. The number of rotatable bonds is 5. The van der Waals surface area contributed by atoms with Gasteiger partial charge in [-0.2, -0.15) is 26.3 Å². The molecule has 2 aromatic carbocycles. The van der Waals surface area contributed by atoms with Crippen molar-refractivity contribution in [1.82, 2.24) is 4.67 Å². The number of benzene rings is 2. The number of halogens is 6. The highest BCUT2D eigenvalue weighted by molar-refractivity contribution is 7.44. The average Bonchev–Trinajstić information content (AvgIpc) is 2.87.